The van der Waals surface area contributed by atoms with Crippen molar-refractivity contribution in [2.45, 2.75) is 13.5 Å². The van der Waals surface area contributed by atoms with Crippen molar-refractivity contribution in [1.29, 1.82) is 0 Å². The molecule has 2 rings (SSSR count). The van der Waals surface area contributed by atoms with Gasteiger partial charge in [-0.1, -0.05) is 0 Å². The number of methoxy groups -OCH3 is 1. The van der Waals surface area contributed by atoms with E-state index >= 15 is 0 Å². The number of rotatable bonds is 4. The molecule has 7 nitrogen and oxygen atoms in total. The number of hydrogen-bond donors (Lipinski definition) is 2. The van der Waals surface area contributed by atoms with Gasteiger partial charge in [0.1, 0.15) is 10.7 Å². The van der Waals surface area contributed by atoms with Crippen molar-refractivity contribution < 1.29 is 9.53 Å². The van der Waals surface area contributed by atoms with Crippen LogP contribution in [0.5, 0.6) is 5.88 Å². The normalized spacial score (nSPS) is 10.3. The molecule has 0 aliphatic heterocycles. The number of carbonyl (C=O) groups is 1. The molecule has 2 aromatic heterocycles. The highest BCUT2D eigenvalue weighted by molar-refractivity contribution is 7.09. The standard InChI is InChI=1S/C11H13N5O2S/c1-6-3-8(18-2)15-11(13-6)16-10(17)7-5-19-9(4-12)14-7/h3,5H,4,12H2,1-2H3,(H,13,15,16,17). The minimum Gasteiger partial charge on any atom is -0.481 e. The average molecular weight is 279 g/mol. The van der Waals surface area contributed by atoms with Crippen LogP contribution in [0.2, 0.25) is 0 Å². The summed E-state index contributed by atoms with van der Waals surface area (Å²) in [5.41, 5.74) is 6.45. The Morgan fingerprint density at radius 2 is 2.26 bits per heavy atom. The Labute approximate surface area is 113 Å². The number of anilines is 1. The fourth-order valence-electron chi connectivity index (χ4n) is 1.37. The zero-order valence-corrected chi connectivity index (χ0v) is 11.3. The maximum absolute atomic E-state index is 11.9. The van der Waals surface area contributed by atoms with Crippen molar-refractivity contribution >= 4 is 23.2 Å². The van der Waals surface area contributed by atoms with E-state index in [9.17, 15) is 4.79 Å². The van der Waals surface area contributed by atoms with Gasteiger partial charge in [0.15, 0.2) is 0 Å². The molecule has 8 heteroatoms. The van der Waals surface area contributed by atoms with E-state index in [-0.39, 0.29) is 11.9 Å². The van der Waals surface area contributed by atoms with Crippen molar-refractivity contribution in [3.63, 3.8) is 0 Å². The fraction of sp³-hybridized carbons (Fsp3) is 0.273. The van der Waals surface area contributed by atoms with Crippen LogP contribution in [0.1, 0.15) is 21.2 Å². The Hall–Kier alpha value is -2.06. The second kappa shape index (κ2) is 5.72. The van der Waals surface area contributed by atoms with Crippen LogP contribution in [0.15, 0.2) is 11.4 Å². The molecule has 1 amide bonds. The highest BCUT2D eigenvalue weighted by Crippen LogP contribution is 2.13. The molecule has 0 aromatic carbocycles. The van der Waals surface area contributed by atoms with E-state index in [1.54, 1.807) is 18.4 Å². The molecule has 100 valence electrons. The fourth-order valence-corrected chi connectivity index (χ4v) is 2.03. The van der Waals surface area contributed by atoms with Crippen molar-refractivity contribution in [3.05, 3.63) is 27.8 Å². The molecule has 0 atom stereocenters. The lowest BCUT2D eigenvalue weighted by atomic mass is 10.4. The molecule has 0 aliphatic carbocycles. The Morgan fingerprint density at radius 3 is 2.89 bits per heavy atom. The number of nitrogens with one attached hydrogen (secondary N) is 1. The zero-order valence-electron chi connectivity index (χ0n) is 10.5. The zero-order chi connectivity index (χ0) is 13.8. The van der Waals surface area contributed by atoms with Crippen LogP contribution in [-0.4, -0.2) is 28.0 Å². The van der Waals surface area contributed by atoms with Crippen LogP contribution < -0.4 is 15.8 Å². The number of nitrogens with zero attached hydrogens (tertiary/aromatic N) is 3. The molecule has 0 saturated carbocycles. The van der Waals surface area contributed by atoms with Gasteiger partial charge in [-0.15, -0.1) is 11.3 Å². The van der Waals surface area contributed by atoms with Crippen LogP contribution in [0, 0.1) is 6.92 Å². The van der Waals surface area contributed by atoms with E-state index in [2.05, 4.69) is 20.3 Å². The molecule has 0 spiro atoms. The van der Waals surface area contributed by atoms with Gasteiger partial charge in [-0.05, 0) is 6.92 Å². The Bertz CT molecular complexity index is 599. The summed E-state index contributed by atoms with van der Waals surface area (Å²) in [6.07, 6.45) is 0. The molecule has 3 N–H and O–H groups in total. The van der Waals surface area contributed by atoms with E-state index in [1.807, 2.05) is 0 Å². The number of carbonyl (C=O) groups excluding carboxylic acids is 1. The lowest BCUT2D eigenvalue weighted by Crippen LogP contribution is -2.15. The topological polar surface area (TPSA) is 103 Å². The van der Waals surface area contributed by atoms with E-state index in [0.29, 0.717) is 28.8 Å². The monoisotopic (exact) mass is 279 g/mol. The predicted molar refractivity (Wildman–Crippen MR) is 71.3 cm³/mol. The van der Waals surface area contributed by atoms with Crippen molar-refractivity contribution in [3.8, 4) is 5.88 Å². The number of aromatic nitrogens is 3. The summed E-state index contributed by atoms with van der Waals surface area (Å²) in [6, 6.07) is 1.67. The molecule has 0 unspecified atom stereocenters. The molecular weight excluding hydrogens is 266 g/mol. The molecule has 0 aliphatic rings. The van der Waals surface area contributed by atoms with Gasteiger partial charge in [-0.2, -0.15) is 4.98 Å². The summed E-state index contributed by atoms with van der Waals surface area (Å²) >= 11 is 1.34. The summed E-state index contributed by atoms with van der Waals surface area (Å²) < 4.78 is 5.01. The lowest BCUT2D eigenvalue weighted by Gasteiger charge is -2.05. The third kappa shape index (κ3) is 3.24. The van der Waals surface area contributed by atoms with Crippen LogP contribution in [-0.2, 0) is 6.54 Å². The molecule has 0 saturated heterocycles. The predicted octanol–water partition coefficient (Wildman–Crippen LogP) is 0.961. The Balaban J connectivity index is 2.16. The molecule has 0 fully saturated rings. The van der Waals surface area contributed by atoms with E-state index in [4.69, 9.17) is 10.5 Å². The Morgan fingerprint density at radius 1 is 1.47 bits per heavy atom. The smallest absolute Gasteiger partial charge is 0.277 e. The third-order valence-corrected chi connectivity index (χ3v) is 3.10. The molecule has 0 bridgehead atoms. The highest BCUT2D eigenvalue weighted by Gasteiger charge is 2.12. The van der Waals surface area contributed by atoms with Crippen LogP contribution in [0.25, 0.3) is 0 Å². The summed E-state index contributed by atoms with van der Waals surface area (Å²) in [4.78, 5) is 24.1. The van der Waals surface area contributed by atoms with Crippen molar-refractivity contribution in [2.75, 3.05) is 12.4 Å². The van der Waals surface area contributed by atoms with Gasteiger partial charge < -0.3 is 10.5 Å². The number of aryl methyl sites for hydroxylation is 1. The van der Waals surface area contributed by atoms with Crippen LogP contribution in [0.4, 0.5) is 5.95 Å². The van der Waals surface area contributed by atoms with E-state index in [1.165, 1.54) is 18.4 Å². The summed E-state index contributed by atoms with van der Waals surface area (Å²) in [5.74, 6) is 0.205. The minimum absolute atomic E-state index is 0.184. The summed E-state index contributed by atoms with van der Waals surface area (Å²) in [7, 11) is 1.50. The second-order valence-electron chi connectivity index (χ2n) is 3.66. The largest absolute Gasteiger partial charge is 0.481 e. The van der Waals surface area contributed by atoms with Crippen LogP contribution in [0.3, 0.4) is 0 Å². The summed E-state index contributed by atoms with van der Waals surface area (Å²) in [5, 5.41) is 4.92. The number of thiazole rings is 1. The second-order valence-corrected chi connectivity index (χ2v) is 4.60. The van der Waals surface area contributed by atoms with Gasteiger partial charge in [0.2, 0.25) is 11.8 Å². The van der Waals surface area contributed by atoms with Gasteiger partial charge in [0, 0.05) is 23.7 Å². The van der Waals surface area contributed by atoms with Crippen LogP contribution >= 0.6 is 11.3 Å². The van der Waals surface area contributed by atoms with E-state index in [0.717, 1.165) is 0 Å². The van der Waals surface area contributed by atoms with Gasteiger partial charge in [-0.3, -0.25) is 10.1 Å². The van der Waals surface area contributed by atoms with Crippen molar-refractivity contribution in [2.24, 2.45) is 5.73 Å². The number of ether oxygens (including phenoxy) is 1. The third-order valence-electron chi connectivity index (χ3n) is 2.22. The lowest BCUT2D eigenvalue weighted by molar-refractivity contribution is 0.102. The molecule has 2 heterocycles. The molecule has 0 radical (unpaired) electrons. The average Bonchev–Trinajstić information content (AvgIpc) is 2.86. The minimum atomic E-state index is -0.372. The van der Waals surface area contributed by atoms with Gasteiger partial charge >= 0.3 is 0 Å². The summed E-state index contributed by atoms with van der Waals surface area (Å²) in [6.45, 7) is 2.10. The maximum atomic E-state index is 11.9. The first kappa shape index (κ1) is 13.4. The molecular formula is C11H13N5O2S. The van der Waals surface area contributed by atoms with Gasteiger partial charge in [0.05, 0.1) is 7.11 Å². The maximum Gasteiger partial charge on any atom is 0.277 e. The van der Waals surface area contributed by atoms with Gasteiger partial charge in [-0.25, -0.2) is 9.97 Å². The quantitative estimate of drug-likeness (QED) is 0.864. The SMILES string of the molecule is COc1cc(C)nc(NC(=O)c2csc(CN)n2)n1. The molecule has 19 heavy (non-hydrogen) atoms. The first-order valence-corrected chi connectivity index (χ1v) is 6.36. The number of hydrogen-bond acceptors (Lipinski definition) is 7. The van der Waals surface area contributed by atoms with E-state index < -0.39 is 0 Å². The first-order valence-electron chi connectivity index (χ1n) is 5.48. The first-order chi connectivity index (χ1) is 9.12. The van der Waals surface area contributed by atoms with Gasteiger partial charge in [0.25, 0.3) is 5.91 Å². The Kier molecular flexibility index (Phi) is 4.03. The highest BCUT2D eigenvalue weighted by atomic mass is 32.1. The van der Waals surface area contributed by atoms with Crippen molar-refractivity contribution in [1.82, 2.24) is 15.0 Å². The number of amides is 1. The number of nitrogens with two attached hydrogens (primary N) is 1. The molecule has 2 aromatic rings.